The summed E-state index contributed by atoms with van der Waals surface area (Å²) in [5, 5.41) is 7.34. The van der Waals surface area contributed by atoms with Gasteiger partial charge in [0.25, 0.3) is 11.8 Å². The van der Waals surface area contributed by atoms with E-state index in [0.29, 0.717) is 17.1 Å². The number of halogens is 1. The molecular weight excluding hydrogens is 350 g/mol. The molecule has 0 spiro atoms. The molecule has 136 valence electrons. The molecule has 25 heavy (non-hydrogen) atoms. The molecule has 4 amide bonds. The standard InChI is InChI=1S/C16H20ClN3O5/c1-10(2)7-19-16(24)20-13(21)9-25-14(22)8-18-15(23)11-3-5-12(17)6-4-11/h3-6,10H,7-9H2,1-2H3,(H,18,23)(H2,19,20,21,24). The highest BCUT2D eigenvalue weighted by Crippen LogP contribution is 2.09. The summed E-state index contributed by atoms with van der Waals surface area (Å²) in [4.78, 5) is 46.1. The van der Waals surface area contributed by atoms with Crippen molar-refractivity contribution in [1.82, 2.24) is 16.0 Å². The van der Waals surface area contributed by atoms with Crippen LogP contribution in [0, 0.1) is 5.92 Å². The van der Waals surface area contributed by atoms with Crippen molar-refractivity contribution >= 4 is 35.4 Å². The van der Waals surface area contributed by atoms with Gasteiger partial charge in [-0.3, -0.25) is 19.7 Å². The van der Waals surface area contributed by atoms with Crippen LogP contribution in [0.2, 0.25) is 5.02 Å². The molecule has 9 heteroatoms. The van der Waals surface area contributed by atoms with Gasteiger partial charge in [-0.05, 0) is 30.2 Å². The molecular formula is C16H20ClN3O5. The number of ether oxygens (including phenoxy) is 1. The first kappa shape index (κ1) is 20.4. The zero-order valence-electron chi connectivity index (χ0n) is 13.9. The van der Waals surface area contributed by atoms with Gasteiger partial charge in [-0.25, -0.2) is 4.79 Å². The minimum atomic E-state index is -0.806. The van der Waals surface area contributed by atoms with E-state index >= 15 is 0 Å². The Hall–Kier alpha value is -2.61. The Morgan fingerprint density at radius 3 is 2.32 bits per heavy atom. The zero-order chi connectivity index (χ0) is 18.8. The van der Waals surface area contributed by atoms with Crippen LogP contribution in [0.4, 0.5) is 4.79 Å². The molecule has 0 atom stereocenters. The Labute approximate surface area is 150 Å². The molecule has 0 fully saturated rings. The second-order valence-corrected chi connectivity index (χ2v) is 5.94. The molecule has 0 saturated carbocycles. The number of carbonyl (C=O) groups excluding carboxylic acids is 4. The molecule has 0 aliphatic rings. The molecule has 8 nitrogen and oxygen atoms in total. The predicted octanol–water partition coefficient (Wildman–Crippen LogP) is 1.09. The summed E-state index contributed by atoms with van der Waals surface area (Å²) >= 11 is 5.71. The monoisotopic (exact) mass is 369 g/mol. The van der Waals surface area contributed by atoms with Gasteiger partial charge in [0.1, 0.15) is 6.54 Å². The zero-order valence-corrected chi connectivity index (χ0v) is 14.7. The van der Waals surface area contributed by atoms with Gasteiger partial charge in [0.15, 0.2) is 6.61 Å². The molecule has 0 aliphatic carbocycles. The Kier molecular flexibility index (Phi) is 8.42. The molecule has 0 aromatic heterocycles. The van der Waals surface area contributed by atoms with Crippen molar-refractivity contribution < 1.29 is 23.9 Å². The fourth-order valence-electron chi connectivity index (χ4n) is 1.56. The maximum atomic E-state index is 11.8. The van der Waals surface area contributed by atoms with Crippen molar-refractivity contribution in [2.45, 2.75) is 13.8 Å². The van der Waals surface area contributed by atoms with E-state index < -0.39 is 37.0 Å². The van der Waals surface area contributed by atoms with Crippen LogP contribution in [0.1, 0.15) is 24.2 Å². The molecule has 0 heterocycles. The van der Waals surface area contributed by atoms with Crippen LogP contribution >= 0.6 is 11.6 Å². The summed E-state index contributed by atoms with van der Waals surface area (Å²) in [5.74, 6) is -1.81. The van der Waals surface area contributed by atoms with Crippen LogP contribution in [-0.2, 0) is 14.3 Å². The molecule has 3 N–H and O–H groups in total. The first-order valence-corrected chi connectivity index (χ1v) is 7.92. The molecule has 0 bridgehead atoms. The van der Waals surface area contributed by atoms with Crippen molar-refractivity contribution in [3.8, 4) is 0 Å². The van der Waals surface area contributed by atoms with E-state index in [1.807, 2.05) is 19.2 Å². The van der Waals surface area contributed by atoms with Crippen molar-refractivity contribution in [3.05, 3.63) is 34.9 Å². The second-order valence-electron chi connectivity index (χ2n) is 5.50. The summed E-state index contributed by atoms with van der Waals surface area (Å²) in [7, 11) is 0. The van der Waals surface area contributed by atoms with Crippen LogP contribution < -0.4 is 16.0 Å². The molecule has 1 aromatic carbocycles. The van der Waals surface area contributed by atoms with E-state index in [0.717, 1.165) is 0 Å². The van der Waals surface area contributed by atoms with E-state index in [1.165, 1.54) is 12.1 Å². The number of esters is 1. The fourth-order valence-corrected chi connectivity index (χ4v) is 1.68. The quantitative estimate of drug-likeness (QED) is 0.623. The SMILES string of the molecule is CC(C)CNC(=O)NC(=O)COC(=O)CNC(=O)c1ccc(Cl)cc1. The second kappa shape index (κ2) is 10.3. The van der Waals surface area contributed by atoms with Crippen molar-refractivity contribution in [3.63, 3.8) is 0 Å². The topological polar surface area (TPSA) is 114 Å². The van der Waals surface area contributed by atoms with Gasteiger partial charge in [0, 0.05) is 17.1 Å². The number of rotatable bonds is 7. The van der Waals surface area contributed by atoms with Crippen molar-refractivity contribution in [2.75, 3.05) is 19.7 Å². The lowest BCUT2D eigenvalue weighted by atomic mass is 10.2. The Morgan fingerprint density at radius 1 is 1.08 bits per heavy atom. The average molecular weight is 370 g/mol. The van der Waals surface area contributed by atoms with E-state index in [4.69, 9.17) is 11.6 Å². The average Bonchev–Trinajstić information content (AvgIpc) is 2.56. The van der Waals surface area contributed by atoms with Gasteiger partial charge in [0.2, 0.25) is 0 Å². The smallest absolute Gasteiger partial charge is 0.325 e. The highest BCUT2D eigenvalue weighted by atomic mass is 35.5. The van der Waals surface area contributed by atoms with E-state index in [1.54, 1.807) is 12.1 Å². The van der Waals surface area contributed by atoms with Gasteiger partial charge in [0.05, 0.1) is 0 Å². The van der Waals surface area contributed by atoms with Crippen LogP contribution in [0.5, 0.6) is 0 Å². The molecule has 0 unspecified atom stereocenters. The number of carbonyl (C=O) groups is 4. The van der Waals surface area contributed by atoms with E-state index in [9.17, 15) is 19.2 Å². The molecule has 0 aliphatic heterocycles. The first-order valence-electron chi connectivity index (χ1n) is 7.55. The number of nitrogens with one attached hydrogen (secondary N) is 3. The van der Waals surface area contributed by atoms with E-state index in [2.05, 4.69) is 15.4 Å². The van der Waals surface area contributed by atoms with Gasteiger partial charge in [-0.1, -0.05) is 25.4 Å². The third kappa shape index (κ3) is 8.71. The summed E-state index contributed by atoms with van der Waals surface area (Å²) < 4.78 is 4.67. The van der Waals surface area contributed by atoms with Crippen LogP contribution in [0.25, 0.3) is 0 Å². The third-order valence-electron chi connectivity index (χ3n) is 2.79. The maximum absolute atomic E-state index is 11.8. The summed E-state index contributed by atoms with van der Waals surface area (Å²) in [6, 6.07) is 5.44. The number of benzene rings is 1. The maximum Gasteiger partial charge on any atom is 0.325 e. The third-order valence-corrected chi connectivity index (χ3v) is 3.04. The number of amides is 4. The molecule has 1 rings (SSSR count). The summed E-state index contributed by atoms with van der Waals surface area (Å²) in [5.41, 5.74) is 0.330. The van der Waals surface area contributed by atoms with Gasteiger partial charge in [-0.15, -0.1) is 0 Å². The molecule has 1 aromatic rings. The Bertz CT molecular complexity index is 631. The Morgan fingerprint density at radius 2 is 1.72 bits per heavy atom. The summed E-state index contributed by atoms with van der Waals surface area (Å²) in [6.07, 6.45) is 0. The van der Waals surface area contributed by atoms with Crippen molar-refractivity contribution in [2.24, 2.45) is 5.92 Å². The minimum Gasteiger partial charge on any atom is -0.454 e. The lowest BCUT2D eigenvalue weighted by Crippen LogP contribution is -2.43. The van der Waals surface area contributed by atoms with E-state index in [-0.39, 0.29) is 5.92 Å². The predicted molar refractivity (Wildman–Crippen MR) is 91.1 cm³/mol. The number of urea groups is 1. The first-order chi connectivity index (χ1) is 11.8. The van der Waals surface area contributed by atoms with Gasteiger partial charge in [-0.2, -0.15) is 0 Å². The fraction of sp³-hybridized carbons (Fsp3) is 0.375. The van der Waals surface area contributed by atoms with Gasteiger partial charge >= 0.3 is 12.0 Å². The van der Waals surface area contributed by atoms with Crippen LogP contribution in [-0.4, -0.2) is 43.5 Å². The highest BCUT2D eigenvalue weighted by Gasteiger charge is 2.12. The van der Waals surface area contributed by atoms with Crippen molar-refractivity contribution in [1.29, 1.82) is 0 Å². The number of hydrogen-bond donors (Lipinski definition) is 3. The molecule has 0 radical (unpaired) electrons. The molecule has 0 saturated heterocycles. The summed E-state index contributed by atoms with van der Waals surface area (Å²) in [6.45, 7) is 3.19. The highest BCUT2D eigenvalue weighted by molar-refractivity contribution is 6.30. The number of hydrogen-bond acceptors (Lipinski definition) is 5. The van der Waals surface area contributed by atoms with Gasteiger partial charge < -0.3 is 15.4 Å². The van der Waals surface area contributed by atoms with Crippen LogP contribution in [0.3, 0.4) is 0 Å². The normalized spacial score (nSPS) is 10.1. The Balaban J connectivity index is 2.25. The lowest BCUT2D eigenvalue weighted by Gasteiger charge is -2.09. The largest absolute Gasteiger partial charge is 0.454 e. The minimum absolute atomic E-state index is 0.239. The lowest BCUT2D eigenvalue weighted by molar-refractivity contribution is -0.147. The number of imide groups is 1. The van der Waals surface area contributed by atoms with Crippen LogP contribution in [0.15, 0.2) is 24.3 Å².